The Bertz CT molecular complexity index is 918. The van der Waals surface area contributed by atoms with E-state index in [1.54, 1.807) is 12.1 Å². The lowest BCUT2D eigenvalue weighted by Gasteiger charge is -2.08. The third-order valence-electron chi connectivity index (χ3n) is 3.64. The van der Waals surface area contributed by atoms with Gasteiger partial charge in [0.1, 0.15) is 5.82 Å². The maximum absolute atomic E-state index is 13.1. The van der Waals surface area contributed by atoms with Gasteiger partial charge in [0, 0.05) is 5.56 Å². The first-order chi connectivity index (χ1) is 11.2. The Labute approximate surface area is 136 Å². The van der Waals surface area contributed by atoms with E-state index in [1.807, 2.05) is 22.8 Å². The van der Waals surface area contributed by atoms with Crippen molar-refractivity contribution in [3.8, 4) is 22.9 Å². The molecule has 7 heteroatoms. The van der Waals surface area contributed by atoms with E-state index in [0.717, 1.165) is 22.6 Å². The van der Waals surface area contributed by atoms with Gasteiger partial charge in [-0.25, -0.2) is 4.39 Å². The Morgan fingerprint density at radius 3 is 2.74 bits per heavy atom. The van der Waals surface area contributed by atoms with Gasteiger partial charge >= 0.3 is 0 Å². The van der Waals surface area contributed by atoms with Crippen LogP contribution in [0.4, 0.5) is 4.39 Å². The van der Waals surface area contributed by atoms with Crippen LogP contribution in [0, 0.1) is 10.6 Å². The van der Waals surface area contributed by atoms with Crippen molar-refractivity contribution in [2.45, 2.75) is 6.54 Å². The smallest absolute Gasteiger partial charge is 0.231 e. The van der Waals surface area contributed by atoms with Crippen LogP contribution in [0.15, 0.2) is 42.5 Å². The van der Waals surface area contributed by atoms with E-state index in [9.17, 15) is 4.39 Å². The molecule has 23 heavy (non-hydrogen) atoms. The Morgan fingerprint density at radius 1 is 1.13 bits per heavy atom. The van der Waals surface area contributed by atoms with Crippen LogP contribution in [0.3, 0.4) is 0 Å². The highest BCUT2D eigenvalue weighted by Crippen LogP contribution is 2.33. The molecule has 1 aliphatic heterocycles. The molecule has 0 amide bonds. The largest absolute Gasteiger partial charge is 0.454 e. The number of fused-ring (bicyclic) bond motifs is 1. The molecule has 4 rings (SSSR count). The highest BCUT2D eigenvalue weighted by molar-refractivity contribution is 7.71. The third-order valence-corrected chi connectivity index (χ3v) is 3.95. The molecular weight excluding hydrogens is 317 g/mol. The molecule has 0 radical (unpaired) electrons. The van der Waals surface area contributed by atoms with Crippen LogP contribution in [-0.4, -0.2) is 21.6 Å². The van der Waals surface area contributed by atoms with E-state index in [0.29, 0.717) is 17.1 Å². The van der Waals surface area contributed by atoms with Gasteiger partial charge in [0.15, 0.2) is 22.1 Å². The predicted molar refractivity (Wildman–Crippen MR) is 84.5 cm³/mol. The molecule has 2 heterocycles. The fraction of sp³-hybridized carbons (Fsp3) is 0.125. The summed E-state index contributed by atoms with van der Waals surface area (Å²) in [6.07, 6.45) is 0. The Morgan fingerprint density at radius 2 is 1.91 bits per heavy atom. The molecule has 2 aromatic carbocycles. The minimum atomic E-state index is -0.287. The highest BCUT2D eigenvalue weighted by Gasteiger charge is 2.15. The molecule has 1 aromatic heterocycles. The van der Waals surface area contributed by atoms with E-state index in [-0.39, 0.29) is 12.6 Å². The van der Waals surface area contributed by atoms with Crippen molar-refractivity contribution in [3.05, 3.63) is 58.6 Å². The number of benzene rings is 2. The molecule has 116 valence electrons. The van der Waals surface area contributed by atoms with Gasteiger partial charge in [-0.1, -0.05) is 6.07 Å². The second kappa shape index (κ2) is 5.51. The first-order valence-electron chi connectivity index (χ1n) is 7.00. The van der Waals surface area contributed by atoms with Crippen molar-refractivity contribution in [2.24, 2.45) is 0 Å². The second-order valence-corrected chi connectivity index (χ2v) is 5.52. The van der Waals surface area contributed by atoms with Gasteiger partial charge in [-0.15, -0.1) is 0 Å². The summed E-state index contributed by atoms with van der Waals surface area (Å²) >= 11 is 5.31. The van der Waals surface area contributed by atoms with Crippen LogP contribution in [0.25, 0.3) is 11.4 Å². The zero-order chi connectivity index (χ0) is 15.8. The maximum Gasteiger partial charge on any atom is 0.231 e. The van der Waals surface area contributed by atoms with Crippen LogP contribution < -0.4 is 9.47 Å². The van der Waals surface area contributed by atoms with Crippen molar-refractivity contribution in [1.82, 2.24) is 14.8 Å². The first-order valence-corrected chi connectivity index (χ1v) is 7.41. The molecule has 3 aromatic rings. The number of halogens is 1. The molecule has 1 N–H and O–H groups in total. The van der Waals surface area contributed by atoms with Crippen molar-refractivity contribution >= 4 is 12.2 Å². The minimum absolute atomic E-state index is 0.241. The molecule has 0 unspecified atom stereocenters. The summed E-state index contributed by atoms with van der Waals surface area (Å²) < 4.78 is 26.2. The number of H-pyrrole nitrogens is 1. The first kappa shape index (κ1) is 14.0. The molecular formula is C16H12FN3O2S. The van der Waals surface area contributed by atoms with E-state index in [1.165, 1.54) is 12.1 Å². The maximum atomic E-state index is 13.1. The monoisotopic (exact) mass is 329 g/mol. The Balaban J connectivity index is 1.71. The number of hydrogen-bond acceptors (Lipinski definition) is 4. The fourth-order valence-electron chi connectivity index (χ4n) is 2.51. The highest BCUT2D eigenvalue weighted by atomic mass is 32.1. The Hall–Kier alpha value is -2.67. The molecule has 1 aliphatic rings. The Kier molecular flexibility index (Phi) is 3.34. The van der Waals surface area contributed by atoms with Crippen LogP contribution in [-0.2, 0) is 6.54 Å². The van der Waals surface area contributed by atoms with Crippen molar-refractivity contribution in [2.75, 3.05) is 6.79 Å². The molecule has 0 atom stereocenters. The summed E-state index contributed by atoms with van der Waals surface area (Å²) in [6.45, 7) is 0.767. The van der Waals surface area contributed by atoms with Crippen LogP contribution >= 0.6 is 12.2 Å². The molecule has 5 nitrogen and oxygen atoms in total. The van der Waals surface area contributed by atoms with Gasteiger partial charge < -0.3 is 9.47 Å². The van der Waals surface area contributed by atoms with Gasteiger partial charge in [0.25, 0.3) is 0 Å². The molecule has 0 aliphatic carbocycles. The number of ether oxygens (including phenoxy) is 2. The lowest BCUT2D eigenvalue weighted by atomic mass is 10.2. The average Bonchev–Trinajstić information content (AvgIpc) is 3.16. The number of nitrogens with one attached hydrogen (secondary N) is 1. The summed E-state index contributed by atoms with van der Waals surface area (Å²) in [5.41, 5.74) is 1.80. The fourth-order valence-corrected chi connectivity index (χ4v) is 2.70. The van der Waals surface area contributed by atoms with Gasteiger partial charge in [0.05, 0.1) is 6.54 Å². The van der Waals surface area contributed by atoms with E-state index < -0.39 is 0 Å². The van der Waals surface area contributed by atoms with Gasteiger partial charge in [-0.05, 0) is 54.2 Å². The van der Waals surface area contributed by atoms with E-state index in [2.05, 4.69) is 10.2 Å². The van der Waals surface area contributed by atoms with Crippen LogP contribution in [0.2, 0.25) is 0 Å². The number of aromatic nitrogens is 3. The third kappa shape index (κ3) is 2.59. The zero-order valence-corrected chi connectivity index (χ0v) is 12.8. The summed E-state index contributed by atoms with van der Waals surface area (Å²) in [5, 5.41) is 7.04. The number of aromatic amines is 1. The molecule has 0 spiro atoms. The van der Waals surface area contributed by atoms with Gasteiger partial charge in [-0.3, -0.25) is 9.67 Å². The zero-order valence-electron chi connectivity index (χ0n) is 12.0. The minimum Gasteiger partial charge on any atom is -0.454 e. The normalized spacial score (nSPS) is 12.6. The van der Waals surface area contributed by atoms with Crippen LogP contribution in [0.1, 0.15) is 5.56 Å². The summed E-state index contributed by atoms with van der Waals surface area (Å²) in [5.74, 6) is 1.84. The quantitative estimate of drug-likeness (QED) is 0.747. The number of nitrogens with zero attached hydrogens (tertiary/aromatic N) is 2. The molecule has 0 fully saturated rings. The molecule has 0 saturated carbocycles. The molecule has 0 bridgehead atoms. The summed E-state index contributed by atoms with van der Waals surface area (Å²) in [4.78, 5) is 0. The van der Waals surface area contributed by atoms with Gasteiger partial charge in [0.2, 0.25) is 6.79 Å². The lowest BCUT2D eigenvalue weighted by Crippen LogP contribution is -2.02. The van der Waals surface area contributed by atoms with Crippen molar-refractivity contribution in [1.29, 1.82) is 0 Å². The van der Waals surface area contributed by atoms with Crippen LogP contribution in [0.5, 0.6) is 11.5 Å². The summed E-state index contributed by atoms with van der Waals surface area (Å²) in [7, 11) is 0. The average molecular weight is 329 g/mol. The van der Waals surface area contributed by atoms with Gasteiger partial charge in [-0.2, -0.15) is 5.10 Å². The van der Waals surface area contributed by atoms with Crippen molar-refractivity contribution < 1.29 is 13.9 Å². The SMILES string of the molecule is Fc1ccc(-c2n[nH]c(=S)n2Cc2ccc3c(c2)OCO3)cc1. The van der Waals surface area contributed by atoms with Crippen molar-refractivity contribution in [3.63, 3.8) is 0 Å². The van der Waals surface area contributed by atoms with E-state index >= 15 is 0 Å². The topological polar surface area (TPSA) is 52.1 Å². The lowest BCUT2D eigenvalue weighted by molar-refractivity contribution is 0.174. The molecule has 0 saturated heterocycles. The standard InChI is InChI=1S/C16H12FN3O2S/c17-12-4-2-11(3-5-12)15-18-19-16(23)20(15)8-10-1-6-13-14(7-10)22-9-21-13/h1-7H,8-9H2,(H,19,23). The second-order valence-electron chi connectivity index (χ2n) is 5.13. The number of rotatable bonds is 3. The number of hydrogen-bond donors (Lipinski definition) is 1. The summed E-state index contributed by atoms with van der Waals surface area (Å²) in [6, 6.07) is 11.9. The van der Waals surface area contributed by atoms with E-state index in [4.69, 9.17) is 21.7 Å². The predicted octanol–water partition coefficient (Wildman–Crippen LogP) is 3.52.